The zero-order valence-corrected chi connectivity index (χ0v) is 12.1. The van der Waals surface area contributed by atoms with Crippen LogP contribution in [-0.4, -0.2) is 15.8 Å². The Morgan fingerprint density at radius 2 is 1.86 bits per heavy atom. The summed E-state index contributed by atoms with van der Waals surface area (Å²) in [6.07, 6.45) is 3.12. The van der Waals surface area contributed by atoms with E-state index in [0.717, 1.165) is 48.1 Å². The van der Waals surface area contributed by atoms with E-state index in [4.69, 9.17) is 4.98 Å². The van der Waals surface area contributed by atoms with Crippen LogP contribution < -0.4 is 0 Å². The number of rotatable bonds is 5. The number of fused-ring (bicyclic) bond motifs is 1. The SMILES string of the molecule is CCCCn1c(-c2ccccc2C=O)nc2ccccc21. The van der Waals surface area contributed by atoms with Crippen molar-refractivity contribution in [1.82, 2.24) is 9.55 Å². The molecule has 0 N–H and O–H groups in total. The molecule has 3 nitrogen and oxygen atoms in total. The summed E-state index contributed by atoms with van der Waals surface area (Å²) in [6.45, 7) is 3.09. The van der Waals surface area contributed by atoms with Gasteiger partial charge in [-0.3, -0.25) is 4.79 Å². The van der Waals surface area contributed by atoms with Crippen molar-refractivity contribution in [3.63, 3.8) is 0 Å². The second-order valence-corrected chi connectivity index (χ2v) is 5.13. The molecule has 0 spiro atoms. The van der Waals surface area contributed by atoms with Gasteiger partial charge in [0.1, 0.15) is 5.82 Å². The molecule has 0 aliphatic rings. The lowest BCUT2D eigenvalue weighted by atomic mass is 10.1. The number of unbranched alkanes of at least 4 members (excludes halogenated alkanes) is 1. The lowest BCUT2D eigenvalue weighted by Gasteiger charge is -2.10. The lowest BCUT2D eigenvalue weighted by molar-refractivity contribution is 0.112. The average molecular weight is 278 g/mol. The molecule has 1 aromatic heterocycles. The molecule has 3 aromatic rings. The zero-order valence-electron chi connectivity index (χ0n) is 12.1. The molecule has 3 heteroatoms. The molecule has 0 bridgehead atoms. The molecule has 0 fully saturated rings. The van der Waals surface area contributed by atoms with Crippen molar-refractivity contribution in [2.45, 2.75) is 26.3 Å². The molecule has 0 aliphatic carbocycles. The van der Waals surface area contributed by atoms with E-state index >= 15 is 0 Å². The van der Waals surface area contributed by atoms with Crippen molar-refractivity contribution in [3.05, 3.63) is 54.1 Å². The van der Waals surface area contributed by atoms with Gasteiger partial charge in [-0.15, -0.1) is 0 Å². The number of aromatic nitrogens is 2. The largest absolute Gasteiger partial charge is 0.324 e. The Balaban J connectivity index is 2.23. The molecule has 0 radical (unpaired) electrons. The van der Waals surface area contributed by atoms with E-state index in [-0.39, 0.29) is 0 Å². The fourth-order valence-corrected chi connectivity index (χ4v) is 2.63. The van der Waals surface area contributed by atoms with E-state index in [0.29, 0.717) is 5.56 Å². The van der Waals surface area contributed by atoms with Gasteiger partial charge >= 0.3 is 0 Å². The van der Waals surface area contributed by atoms with Gasteiger partial charge in [0, 0.05) is 17.7 Å². The first-order valence-corrected chi connectivity index (χ1v) is 7.35. The summed E-state index contributed by atoms with van der Waals surface area (Å²) in [7, 11) is 0. The number of carbonyl (C=O) groups is 1. The van der Waals surface area contributed by atoms with Crippen molar-refractivity contribution in [1.29, 1.82) is 0 Å². The maximum Gasteiger partial charge on any atom is 0.150 e. The topological polar surface area (TPSA) is 34.9 Å². The van der Waals surface area contributed by atoms with E-state index in [1.54, 1.807) is 0 Å². The lowest BCUT2D eigenvalue weighted by Crippen LogP contribution is -2.02. The first-order chi connectivity index (χ1) is 10.3. The van der Waals surface area contributed by atoms with Crippen molar-refractivity contribution in [2.75, 3.05) is 0 Å². The van der Waals surface area contributed by atoms with E-state index in [9.17, 15) is 4.79 Å². The second-order valence-electron chi connectivity index (χ2n) is 5.13. The van der Waals surface area contributed by atoms with Crippen molar-refractivity contribution in [3.8, 4) is 11.4 Å². The monoisotopic (exact) mass is 278 g/mol. The number of aldehydes is 1. The molecular weight excluding hydrogens is 260 g/mol. The van der Waals surface area contributed by atoms with Gasteiger partial charge in [0.05, 0.1) is 11.0 Å². The first-order valence-electron chi connectivity index (χ1n) is 7.35. The maximum absolute atomic E-state index is 11.3. The predicted octanol–water partition coefficient (Wildman–Crippen LogP) is 4.32. The maximum atomic E-state index is 11.3. The number of nitrogens with zero attached hydrogens (tertiary/aromatic N) is 2. The number of hydrogen-bond donors (Lipinski definition) is 0. The van der Waals surface area contributed by atoms with Gasteiger partial charge in [0.2, 0.25) is 0 Å². The summed E-state index contributed by atoms with van der Waals surface area (Å²) in [5.74, 6) is 0.882. The average Bonchev–Trinajstić information content (AvgIpc) is 2.91. The van der Waals surface area contributed by atoms with Gasteiger partial charge < -0.3 is 4.57 Å². The van der Waals surface area contributed by atoms with Gasteiger partial charge in [-0.25, -0.2) is 4.98 Å². The highest BCUT2D eigenvalue weighted by Gasteiger charge is 2.14. The number of benzene rings is 2. The molecule has 3 rings (SSSR count). The minimum Gasteiger partial charge on any atom is -0.324 e. The number of imidazole rings is 1. The molecular formula is C18H18N2O. The predicted molar refractivity (Wildman–Crippen MR) is 85.5 cm³/mol. The highest BCUT2D eigenvalue weighted by Crippen LogP contribution is 2.27. The third-order valence-electron chi connectivity index (χ3n) is 3.72. The van der Waals surface area contributed by atoms with Gasteiger partial charge in [-0.05, 0) is 18.6 Å². The summed E-state index contributed by atoms with van der Waals surface area (Å²) in [5.41, 5.74) is 3.69. The quantitative estimate of drug-likeness (QED) is 0.652. The highest BCUT2D eigenvalue weighted by molar-refractivity contribution is 5.89. The molecule has 0 amide bonds. The molecule has 0 atom stereocenters. The molecule has 0 unspecified atom stereocenters. The summed E-state index contributed by atoms with van der Waals surface area (Å²) in [4.78, 5) is 16.1. The fraction of sp³-hybridized carbons (Fsp3) is 0.222. The van der Waals surface area contributed by atoms with Crippen LogP contribution in [0.5, 0.6) is 0 Å². The van der Waals surface area contributed by atoms with Crippen LogP contribution in [0.2, 0.25) is 0 Å². The Labute approximate surface area is 124 Å². The van der Waals surface area contributed by atoms with Gasteiger partial charge in [-0.2, -0.15) is 0 Å². The second kappa shape index (κ2) is 5.92. The summed E-state index contributed by atoms with van der Waals surface area (Å²) in [5, 5.41) is 0. The number of para-hydroxylation sites is 2. The minimum absolute atomic E-state index is 0.686. The molecule has 2 aromatic carbocycles. The van der Waals surface area contributed by atoms with Crippen LogP contribution in [0.4, 0.5) is 0 Å². The van der Waals surface area contributed by atoms with E-state index in [1.807, 2.05) is 42.5 Å². The Bertz CT molecular complexity index is 774. The molecule has 1 heterocycles. The van der Waals surface area contributed by atoms with Crippen LogP contribution in [0.25, 0.3) is 22.4 Å². The third kappa shape index (κ3) is 2.47. The Kier molecular flexibility index (Phi) is 3.82. The van der Waals surface area contributed by atoms with Crippen molar-refractivity contribution >= 4 is 17.3 Å². The fourth-order valence-electron chi connectivity index (χ4n) is 2.63. The van der Waals surface area contributed by atoms with Crippen LogP contribution in [0.1, 0.15) is 30.1 Å². The van der Waals surface area contributed by atoms with Crippen molar-refractivity contribution < 1.29 is 4.79 Å². The van der Waals surface area contributed by atoms with Crippen LogP contribution in [-0.2, 0) is 6.54 Å². The van der Waals surface area contributed by atoms with Crippen LogP contribution in [0, 0.1) is 0 Å². The minimum atomic E-state index is 0.686. The van der Waals surface area contributed by atoms with Crippen LogP contribution >= 0.6 is 0 Å². The standard InChI is InChI=1S/C18H18N2O/c1-2-3-12-20-17-11-7-6-10-16(17)19-18(20)15-9-5-4-8-14(15)13-21/h4-11,13H,2-3,12H2,1H3. The zero-order chi connectivity index (χ0) is 14.7. The van der Waals surface area contributed by atoms with Crippen molar-refractivity contribution in [2.24, 2.45) is 0 Å². The first kappa shape index (κ1) is 13.6. The Hall–Kier alpha value is -2.42. The smallest absolute Gasteiger partial charge is 0.150 e. The van der Waals surface area contributed by atoms with Gasteiger partial charge in [0.15, 0.2) is 6.29 Å². The summed E-state index contributed by atoms with van der Waals surface area (Å²) < 4.78 is 2.22. The van der Waals surface area contributed by atoms with Crippen LogP contribution in [0.15, 0.2) is 48.5 Å². The molecule has 21 heavy (non-hydrogen) atoms. The highest BCUT2D eigenvalue weighted by atomic mass is 16.1. The molecule has 0 aliphatic heterocycles. The third-order valence-corrected chi connectivity index (χ3v) is 3.72. The van der Waals surface area contributed by atoms with E-state index in [1.165, 1.54) is 0 Å². The van der Waals surface area contributed by atoms with Gasteiger partial charge in [-0.1, -0.05) is 49.7 Å². The Morgan fingerprint density at radius 1 is 1.10 bits per heavy atom. The summed E-state index contributed by atoms with van der Waals surface area (Å²) in [6, 6.07) is 15.8. The number of aryl methyl sites for hydroxylation is 1. The summed E-state index contributed by atoms with van der Waals surface area (Å²) >= 11 is 0. The van der Waals surface area contributed by atoms with E-state index < -0.39 is 0 Å². The number of hydrogen-bond acceptors (Lipinski definition) is 2. The molecule has 0 saturated carbocycles. The van der Waals surface area contributed by atoms with Crippen LogP contribution in [0.3, 0.4) is 0 Å². The number of carbonyl (C=O) groups excluding carboxylic acids is 1. The molecule has 0 saturated heterocycles. The normalized spacial score (nSPS) is 10.9. The Morgan fingerprint density at radius 3 is 2.67 bits per heavy atom. The molecule has 106 valence electrons. The van der Waals surface area contributed by atoms with E-state index in [2.05, 4.69) is 17.6 Å². The van der Waals surface area contributed by atoms with Gasteiger partial charge in [0.25, 0.3) is 0 Å².